The largest absolute Gasteiger partial charge is 0.388 e. The molecule has 2 nitrogen and oxygen atoms in total. The lowest BCUT2D eigenvalue weighted by atomic mass is 9.87. The van der Waals surface area contributed by atoms with Gasteiger partial charge >= 0.3 is 0 Å². The topological polar surface area (TPSA) is 46.2 Å². The van der Waals surface area contributed by atoms with E-state index >= 15 is 0 Å². The van der Waals surface area contributed by atoms with Crippen molar-refractivity contribution in [2.45, 2.75) is 46.1 Å². The first-order valence-corrected chi connectivity index (χ1v) is 5.91. The van der Waals surface area contributed by atoms with E-state index in [9.17, 15) is 5.11 Å². The summed E-state index contributed by atoms with van der Waals surface area (Å²) >= 11 is 0. The molecule has 0 saturated heterocycles. The minimum atomic E-state index is -0.759. The van der Waals surface area contributed by atoms with Crippen molar-refractivity contribution in [2.75, 3.05) is 6.54 Å². The number of benzene rings is 1. The summed E-state index contributed by atoms with van der Waals surface area (Å²) in [6.45, 7) is 8.59. The molecule has 1 rings (SSSR count). The second-order valence-corrected chi connectivity index (χ2v) is 4.84. The predicted octanol–water partition coefficient (Wildman–Crippen LogP) is 2.25. The SMILES string of the molecule is CCC(O)(CN)Cc1c(C)cc(C)cc1C. The molecule has 3 N–H and O–H groups in total. The van der Waals surface area contributed by atoms with Gasteiger partial charge < -0.3 is 10.8 Å². The molecule has 0 bridgehead atoms. The van der Waals surface area contributed by atoms with Crippen LogP contribution in [0.15, 0.2) is 12.1 Å². The molecule has 1 atom stereocenters. The maximum Gasteiger partial charge on any atom is 0.0807 e. The molecule has 1 aromatic carbocycles. The van der Waals surface area contributed by atoms with E-state index in [1.807, 2.05) is 6.92 Å². The summed E-state index contributed by atoms with van der Waals surface area (Å²) in [6, 6.07) is 4.32. The van der Waals surface area contributed by atoms with Crippen LogP contribution in [0.2, 0.25) is 0 Å². The van der Waals surface area contributed by atoms with Crippen LogP contribution >= 0.6 is 0 Å². The first-order chi connectivity index (χ1) is 7.41. The molecular formula is C14H23NO. The van der Waals surface area contributed by atoms with Crippen molar-refractivity contribution >= 4 is 0 Å². The van der Waals surface area contributed by atoms with Gasteiger partial charge in [0.05, 0.1) is 5.60 Å². The van der Waals surface area contributed by atoms with Crippen molar-refractivity contribution < 1.29 is 5.11 Å². The van der Waals surface area contributed by atoms with Crippen molar-refractivity contribution in [3.63, 3.8) is 0 Å². The molecule has 0 fully saturated rings. The van der Waals surface area contributed by atoms with Crippen LogP contribution in [-0.2, 0) is 6.42 Å². The Kier molecular flexibility index (Phi) is 4.11. The molecule has 0 aliphatic heterocycles. The maximum absolute atomic E-state index is 10.3. The van der Waals surface area contributed by atoms with E-state index in [2.05, 4.69) is 32.9 Å². The molecule has 0 spiro atoms. The van der Waals surface area contributed by atoms with Crippen LogP contribution < -0.4 is 5.73 Å². The molecule has 1 unspecified atom stereocenters. The quantitative estimate of drug-likeness (QED) is 0.819. The molecule has 90 valence electrons. The third kappa shape index (κ3) is 2.83. The summed E-state index contributed by atoms with van der Waals surface area (Å²) in [5.41, 5.74) is 9.89. The van der Waals surface area contributed by atoms with Crippen molar-refractivity contribution in [3.8, 4) is 0 Å². The number of aliphatic hydroxyl groups is 1. The molecule has 1 aromatic rings. The zero-order valence-corrected chi connectivity index (χ0v) is 10.8. The molecule has 0 heterocycles. The average Bonchev–Trinajstić information content (AvgIpc) is 2.23. The lowest BCUT2D eigenvalue weighted by molar-refractivity contribution is 0.0453. The van der Waals surface area contributed by atoms with Crippen LogP contribution in [0.4, 0.5) is 0 Å². The number of hydrogen-bond donors (Lipinski definition) is 2. The van der Waals surface area contributed by atoms with Gasteiger partial charge in [-0.2, -0.15) is 0 Å². The van der Waals surface area contributed by atoms with Crippen LogP contribution in [0.1, 0.15) is 35.6 Å². The van der Waals surface area contributed by atoms with Crippen LogP contribution in [0.25, 0.3) is 0 Å². The van der Waals surface area contributed by atoms with Crippen molar-refractivity contribution in [3.05, 3.63) is 34.4 Å². The molecular weight excluding hydrogens is 198 g/mol. The minimum Gasteiger partial charge on any atom is -0.388 e. The van der Waals surface area contributed by atoms with Gasteiger partial charge in [0.1, 0.15) is 0 Å². The Balaban J connectivity index is 3.06. The number of nitrogens with two attached hydrogens (primary N) is 1. The van der Waals surface area contributed by atoms with Crippen LogP contribution in [0, 0.1) is 20.8 Å². The molecule has 0 radical (unpaired) electrons. The minimum absolute atomic E-state index is 0.316. The zero-order valence-electron chi connectivity index (χ0n) is 10.8. The molecule has 0 aliphatic rings. The van der Waals surface area contributed by atoms with Gasteiger partial charge in [0.25, 0.3) is 0 Å². The second kappa shape index (κ2) is 4.98. The average molecular weight is 221 g/mol. The lowest BCUT2D eigenvalue weighted by Crippen LogP contribution is -2.39. The fourth-order valence-corrected chi connectivity index (χ4v) is 2.16. The highest BCUT2D eigenvalue weighted by molar-refractivity contribution is 5.38. The highest BCUT2D eigenvalue weighted by Crippen LogP contribution is 2.23. The Bertz CT molecular complexity index is 344. The van der Waals surface area contributed by atoms with E-state index in [0.29, 0.717) is 19.4 Å². The standard InChI is InChI=1S/C14H23NO/c1-5-14(16,9-15)8-13-11(3)6-10(2)7-12(13)4/h6-7,16H,5,8-9,15H2,1-4H3. The van der Waals surface area contributed by atoms with E-state index in [1.165, 1.54) is 22.3 Å². The van der Waals surface area contributed by atoms with Crippen molar-refractivity contribution in [2.24, 2.45) is 5.73 Å². The van der Waals surface area contributed by atoms with Gasteiger partial charge in [-0.3, -0.25) is 0 Å². The highest BCUT2D eigenvalue weighted by atomic mass is 16.3. The van der Waals surface area contributed by atoms with Crippen LogP contribution in [0.3, 0.4) is 0 Å². The van der Waals surface area contributed by atoms with Crippen molar-refractivity contribution in [1.29, 1.82) is 0 Å². The Labute approximate surface area is 98.5 Å². The Morgan fingerprint density at radius 2 is 1.69 bits per heavy atom. The van der Waals surface area contributed by atoms with Gasteiger partial charge in [-0.25, -0.2) is 0 Å². The monoisotopic (exact) mass is 221 g/mol. The summed E-state index contributed by atoms with van der Waals surface area (Å²) in [6.07, 6.45) is 1.34. The van der Waals surface area contributed by atoms with Gasteiger partial charge in [0.2, 0.25) is 0 Å². The van der Waals surface area contributed by atoms with E-state index in [1.54, 1.807) is 0 Å². The number of rotatable bonds is 4. The fraction of sp³-hybridized carbons (Fsp3) is 0.571. The molecule has 16 heavy (non-hydrogen) atoms. The first kappa shape index (κ1) is 13.2. The van der Waals surface area contributed by atoms with E-state index in [-0.39, 0.29) is 0 Å². The number of aryl methyl sites for hydroxylation is 3. The third-order valence-corrected chi connectivity index (χ3v) is 3.38. The molecule has 0 aliphatic carbocycles. The van der Waals surface area contributed by atoms with Gasteiger partial charge in [-0.15, -0.1) is 0 Å². The summed E-state index contributed by atoms with van der Waals surface area (Å²) in [5, 5.41) is 10.3. The Morgan fingerprint density at radius 3 is 2.06 bits per heavy atom. The summed E-state index contributed by atoms with van der Waals surface area (Å²) < 4.78 is 0. The highest BCUT2D eigenvalue weighted by Gasteiger charge is 2.24. The van der Waals surface area contributed by atoms with Gasteiger partial charge in [-0.05, 0) is 43.9 Å². The Hall–Kier alpha value is -0.860. The Morgan fingerprint density at radius 1 is 1.19 bits per heavy atom. The zero-order chi connectivity index (χ0) is 12.3. The normalized spacial score (nSPS) is 14.9. The van der Waals surface area contributed by atoms with E-state index < -0.39 is 5.60 Å². The van der Waals surface area contributed by atoms with Gasteiger partial charge in [-0.1, -0.05) is 24.6 Å². The lowest BCUT2D eigenvalue weighted by Gasteiger charge is -2.27. The van der Waals surface area contributed by atoms with E-state index in [4.69, 9.17) is 5.73 Å². The third-order valence-electron chi connectivity index (χ3n) is 3.38. The molecule has 2 heteroatoms. The van der Waals surface area contributed by atoms with Gasteiger partial charge in [0, 0.05) is 13.0 Å². The molecule has 0 aromatic heterocycles. The predicted molar refractivity (Wildman–Crippen MR) is 68.7 cm³/mol. The fourth-order valence-electron chi connectivity index (χ4n) is 2.16. The van der Waals surface area contributed by atoms with Crippen LogP contribution in [0.5, 0.6) is 0 Å². The van der Waals surface area contributed by atoms with E-state index in [0.717, 1.165) is 0 Å². The second-order valence-electron chi connectivity index (χ2n) is 4.84. The summed E-state index contributed by atoms with van der Waals surface area (Å²) in [7, 11) is 0. The molecule has 0 saturated carbocycles. The summed E-state index contributed by atoms with van der Waals surface area (Å²) in [4.78, 5) is 0. The number of hydrogen-bond acceptors (Lipinski definition) is 2. The smallest absolute Gasteiger partial charge is 0.0807 e. The first-order valence-electron chi connectivity index (χ1n) is 5.91. The summed E-state index contributed by atoms with van der Waals surface area (Å²) in [5.74, 6) is 0. The van der Waals surface area contributed by atoms with Crippen LogP contribution in [-0.4, -0.2) is 17.3 Å². The molecule has 0 amide bonds. The van der Waals surface area contributed by atoms with Crippen molar-refractivity contribution in [1.82, 2.24) is 0 Å². The van der Waals surface area contributed by atoms with Gasteiger partial charge in [0.15, 0.2) is 0 Å². The maximum atomic E-state index is 10.3.